The number of phenols is 1. The molecule has 6 atom stereocenters. The first-order valence-corrected chi connectivity index (χ1v) is 18.5. The lowest BCUT2D eigenvalue weighted by atomic mass is 9.49. The van der Waals surface area contributed by atoms with Crippen LogP contribution in [0.25, 0.3) is 0 Å². The van der Waals surface area contributed by atoms with Gasteiger partial charge in [0.15, 0.2) is 0 Å². The van der Waals surface area contributed by atoms with Gasteiger partial charge in [0.1, 0.15) is 11.6 Å². The fourth-order valence-corrected chi connectivity index (χ4v) is 9.46. The molecule has 11 heteroatoms. The van der Waals surface area contributed by atoms with Crippen molar-refractivity contribution in [3.8, 4) is 5.75 Å². The van der Waals surface area contributed by atoms with E-state index in [1.807, 2.05) is 48.5 Å². The zero-order valence-corrected chi connectivity index (χ0v) is 30.0. The van der Waals surface area contributed by atoms with E-state index in [0.717, 1.165) is 22.0 Å². The quantitative estimate of drug-likeness (QED) is 0.114. The largest absolute Gasteiger partial charge is 0.508 e. The number of hydrogen-bond acceptors (Lipinski definition) is 7. The zero-order valence-electron chi connectivity index (χ0n) is 29.2. The van der Waals surface area contributed by atoms with Crippen LogP contribution < -0.4 is 15.6 Å². The Hall–Kier alpha value is -6.26. The molecule has 0 bridgehead atoms. The fraction of sp³-hybridized carbons (Fsp3) is 0.182. The third-order valence-electron chi connectivity index (χ3n) is 11.7. The Morgan fingerprint density at radius 1 is 0.709 bits per heavy atom. The first-order chi connectivity index (χ1) is 26.6. The first kappa shape index (κ1) is 34.5. The SMILES string of the molecule is O=C1[C@@H]2C[C@@H]3C(=CC[C@@H]4C(=O)N(c5ccc(Nc6ccccc6)cc5)C(=O)[C@@H]43)[C@H](c3ccc(O)cc3)[C@]2(c2ccc(Cl)cc2)C(=O)N1Nc1ccc(F)cc1. The van der Waals surface area contributed by atoms with E-state index in [1.54, 1.807) is 48.5 Å². The van der Waals surface area contributed by atoms with Crippen molar-refractivity contribution in [2.45, 2.75) is 24.2 Å². The van der Waals surface area contributed by atoms with E-state index in [1.165, 1.54) is 41.3 Å². The van der Waals surface area contributed by atoms with Crippen LogP contribution in [0.1, 0.15) is 29.9 Å². The van der Waals surface area contributed by atoms with Gasteiger partial charge in [-0.25, -0.2) is 4.39 Å². The second-order valence-electron chi connectivity index (χ2n) is 14.5. The van der Waals surface area contributed by atoms with E-state index >= 15 is 4.79 Å². The summed E-state index contributed by atoms with van der Waals surface area (Å²) < 4.78 is 13.9. The van der Waals surface area contributed by atoms with Gasteiger partial charge >= 0.3 is 0 Å². The molecule has 0 spiro atoms. The lowest BCUT2D eigenvalue weighted by Crippen LogP contribution is -2.53. The topological polar surface area (TPSA) is 119 Å². The van der Waals surface area contributed by atoms with Gasteiger partial charge in [0, 0.05) is 22.3 Å². The van der Waals surface area contributed by atoms with Crippen LogP contribution in [0.15, 0.2) is 139 Å². The summed E-state index contributed by atoms with van der Waals surface area (Å²) in [5, 5.41) is 15.1. The smallest absolute Gasteiger partial charge is 0.260 e. The molecule has 9 rings (SSSR count). The van der Waals surface area contributed by atoms with Gasteiger partial charge in [-0.2, -0.15) is 5.01 Å². The number of halogens is 2. The molecule has 9 nitrogen and oxygen atoms in total. The van der Waals surface area contributed by atoms with Crippen LogP contribution in [0.3, 0.4) is 0 Å². The molecule has 2 heterocycles. The van der Waals surface area contributed by atoms with Crippen LogP contribution in [-0.2, 0) is 24.6 Å². The molecule has 3 N–H and O–H groups in total. The molecular formula is C44H34ClFN4O5. The monoisotopic (exact) mass is 752 g/mol. The zero-order chi connectivity index (χ0) is 38.0. The van der Waals surface area contributed by atoms with E-state index in [2.05, 4.69) is 10.7 Å². The Kier molecular flexibility index (Phi) is 8.31. The third-order valence-corrected chi connectivity index (χ3v) is 11.9. The van der Waals surface area contributed by atoms with E-state index < -0.39 is 52.6 Å². The number of amides is 4. The maximum absolute atomic E-state index is 15.2. The minimum absolute atomic E-state index is 0.0246. The van der Waals surface area contributed by atoms with Crippen molar-refractivity contribution in [1.29, 1.82) is 0 Å². The summed E-state index contributed by atoms with van der Waals surface area (Å²) in [5.74, 6) is -5.88. The average molecular weight is 753 g/mol. The molecule has 1 saturated carbocycles. The van der Waals surface area contributed by atoms with E-state index in [-0.39, 0.29) is 30.4 Å². The number of benzene rings is 5. The average Bonchev–Trinajstić information content (AvgIpc) is 3.57. The number of para-hydroxylation sites is 1. The molecule has 2 saturated heterocycles. The van der Waals surface area contributed by atoms with Gasteiger partial charge in [0.2, 0.25) is 11.8 Å². The summed E-state index contributed by atoms with van der Waals surface area (Å²) in [6, 6.07) is 35.5. The van der Waals surface area contributed by atoms with Crippen molar-refractivity contribution in [2.75, 3.05) is 15.6 Å². The Morgan fingerprint density at radius 2 is 1.36 bits per heavy atom. The summed E-state index contributed by atoms with van der Waals surface area (Å²) in [7, 11) is 0. The van der Waals surface area contributed by atoms with Crippen LogP contribution in [0.2, 0.25) is 5.02 Å². The van der Waals surface area contributed by atoms with Crippen molar-refractivity contribution in [2.24, 2.45) is 23.7 Å². The molecule has 0 unspecified atom stereocenters. The maximum Gasteiger partial charge on any atom is 0.260 e. The first-order valence-electron chi connectivity index (χ1n) is 18.1. The number of carbonyl (C=O) groups excluding carboxylic acids is 4. The molecule has 2 aliphatic carbocycles. The minimum Gasteiger partial charge on any atom is -0.508 e. The number of anilines is 4. The second-order valence-corrected chi connectivity index (χ2v) is 15.0. The van der Waals surface area contributed by atoms with Crippen molar-refractivity contribution in [1.82, 2.24) is 5.01 Å². The van der Waals surface area contributed by atoms with Crippen molar-refractivity contribution >= 4 is 58.0 Å². The number of nitrogens with zero attached hydrogens (tertiary/aromatic N) is 2. The molecule has 5 aromatic carbocycles. The number of hydrazine groups is 1. The summed E-state index contributed by atoms with van der Waals surface area (Å²) in [4.78, 5) is 60.1. The molecule has 0 aromatic heterocycles. The van der Waals surface area contributed by atoms with Gasteiger partial charge in [-0.15, -0.1) is 0 Å². The Morgan fingerprint density at radius 3 is 2.05 bits per heavy atom. The predicted octanol–water partition coefficient (Wildman–Crippen LogP) is 8.12. The molecule has 5 aromatic rings. The number of rotatable bonds is 7. The number of imide groups is 2. The summed E-state index contributed by atoms with van der Waals surface area (Å²) >= 11 is 6.36. The van der Waals surface area contributed by atoms with Crippen LogP contribution >= 0.6 is 11.6 Å². The summed E-state index contributed by atoms with van der Waals surface area (Å²) in [6.45, 7) is 0. The lowest BCUT2D eigenvalue weighted by molar-refractivity contribution is -0.138. The number of phenolic OH excluding ortho intramolecular Hbond substituents is 1. The number of nitrogens with one attached hydrogen (secondary N) is 2. The van der Waals surface area contributed by atoms with Crippen molar-refractivity contribution in [3.05, 3.63) is 161 Å². The molecule has 2 aliphatic heterocycles. The van der Waals surface area contributed by atoms with Gasteiger partial charge in [-0.1, -0.05) is 65.7 Å². The summed E-state index contributed by atoms with van der Waals surface area (Å²) in [6.07, 6.45) is 2.36. The van der Waals surface area contributed by atoms with Gasteiger partial charge in [0.25, 0.3) is 11.8 Å². The maximum atomic E-state index is 15.2. The number of carbonyl (C=O) groups is 4. The van der Waals surface area contributed by atoms with Gasteiger partial charge in [-0.05, 0) is 115 Å². The predicted molar refractivity (Wildman–Crippen MR) is 206 cm³/mol. The van der Waals surface area contributed by atoms with Crippen LogP contribution in [0, 0.1) is 29.5 Å². The van der Waals surface area contributed by atoms with Gasteiger partial charge < -0.3 is 10.4 Å². The highest BCUT2D eigenvalue weighted by Crippen LogP contribution is 2.64. The fourth-order valence-electron chi connectivity index (χ4n) is 9.33. The number of hydrogen-bond donors (Lipinski definition) is 3. The number of allylic oxidation sites excluding steroid dienone is 2. The molecule has 3 fully saturated rings. The normalized spacial score (nSPS) is 25.6. The van der Waals surface area contributed by atoms with E-state index in [0.29, 0.717) is 27.5 Å². The third kappa shape index (κ3) is 5.50. The Balaban J connectivity index is 1.14. The molecular weight excluding hydrogens is 719 g/mol. The van der Waals surface area contributed by atoms with Gasteiger partial charge in [0.05, 0.1) is 34.5 Å². The minimum atomic E-state index is -1.51. The van der Waals surface area contributed by atoms with E-state index in [9.17, 15) is 23.9 Å². The summed E-state index contributed by atoms with van der Waals surface area (Å²) in [5.41, 5.74) is 5.93. The number of fused-ring (bicyclic) bond motifs is 4. The standard InChI is InChI=1S/C44H34ClFN4O5/c45-27-10-8-26(9-11-27)44-37(41(53)50(43(44)55)48-31-14-12-28(46)13-15-31)24-36-34(39(44)25-6-20-33(51)21-7-25)22-23-35-38(36)42(54)49(40(35)52)32-18-16-30(17-19-32)47-29-4-2-1-3-5-29/h1-22,35-39,47-48,51H,23-24H2/t35-,36+,37-,38-,39-,44+/m0/s1. The Labute approximate surface area is 321 Å². The van der Waals surface area contributed by atoms with Crippen LogP contribution in [0.4, 0.5) is 27.1 Å². The molecule has 4 amide bonds. The van der Waals surface area contributed by atoms with Crippen LogP contribution in [-0.4, -0.2) is 33.7 Å². The molecule has 274 valence electrons. The van der Waals surface area contributed by atoms with Crippen molar-refractivity contribution < 1.29 is 28.7 Å². The molecule has 55 heavy (non-hydrogen) atoms. The Bertz CT molecular complexity index is 2370. The highest BCUT2D eigenvalue weighted by atomic mass is 35.5. The molecule has 4 aliphatic rings. The second kappa shape index (κ2) is 13.2. The van der Waals surface area contributed by atoms with Crippen molar-refractivity contribution in [3.63, 3.8) is 0 Å². The van der Waals surface area contributed by atoms with E-state index in [4.69, 9.17) is 11.6 Å². The highest BCUT2D eigenvalue weighted by molar-refractivity contribution is 6.30. The highest BCUT2D eigenvalue weighted by Gasteiger charge is 2.70. The number of aromatic hydroxyl groups is 1. The van der Waals surface area contributed by atoms with Crippen LogP contribution in [0.5, 0.6) is 5.75 Å². The molecule has 0 radical (unpaired) electrons. The van der Waals surface area contributed by atoms with Gasteiger partial charge in [-0.3, -0.25) is 29.5 Å². The lowest BCUT2D eigenvalue weighted by Gasteiger charge is -2.50.